The van der Waals surface area contributed by atoms with Crippen LogP contribution in [0, 0.1) is 6.92 Å². The SMILES string of the molecule is COc1ccc(S(=O)(=O)c2c(C)cc(C(=O)O)c(Cc3ccccc3)c2N)cc1. The molecule has 6 nitrogen and oxygen atoms in total. The van der Waals surface area contributed by atoms with Crippen LogP contribution in [0.2, 0.25) is 0 Å². The second-order valence-corrected chi connectivity index (χ2v) is 8.50. The van der Waals surface area contributed by atoms with Gasteiger partial charge in [-0.2, -0.15) is 0 Å². The molecule has 0 unspecified atom stereocenters. The monoisotopic (exact) mass is 411 g/mol. The van der Waals surface area contributed by atoms with Crippen LogP contribution < -0.4 is 10.5 Å². The number of hydrogen-bond acceptors (Lipinski definition) is 5. The summed E-state index contributed by atoms with van der Waals surface area (Å²) in [6.07, 6.45) is 0.208. The summed E-state index contributed by atoms with van der Waals surface area (Å²) in [4.78, 5) is 11.8. The van der Waals surface area contributed by atoms with Gasteiger partial charge in [0.25, 0.3) is 0 Å². The molecular weight excluding hydrogens is 390 g/mol. The minimum atomic E-state index is -3.96. The van der Waals surface area contributed by atoms with E-state index in [2.05, 4.69) is 0 Å². The number of methoxy groups -OCH3 is 1. The van der Waals surface area contributed by atoms with Crippen LogP contribution >= 0.6 is 0 Å². The van der Waals surface area contributed by atoms with Crippen LogP contribution in [0.5, 0.6) is 5.75 Å². The Labute approximate surface area is 169 Å². The first kappa shape index (κ1) is 20.4. The highest BCUT2D eigenvalue weighted by Gasteiger charge is 2.28. The fourth-order valence-electron chi connectivity index (χ4n) is 3.27. The molecule has 0 spiro atoms. The van der Waals surface area contributed by atoms with E-state index in [1.54, 1.807) is 19.1 Å². The lowest BCUT2D eigenvalue weighted by molar-refractivity contribution is 0.0695. The smallest absolute Gasteiger partial charge is 0.336 e. The summed E-state index contributed by atoms with van der Waals surface area (Å²) in [5.41, 5.74) is 7.64. The number of carboxylic acids is 1. The molecule has 0 radical (unpaired) electrons. The third-order valence-electron chi connectivity index (χ3n) is 4.71. The van der Waals surface area contributed by atoms with E-state index in [-0.39, 0.29) is 38.6 Å². The van der Waals surface area contributed by atoms with Crippen molar-refractivity contribution in [3.05, 3.63) is 82.9 Å². The number of anilines is 1. The van der Waals surface area contributed by atoms with Gasteiger partial charge >= 0.3 is 5.97 Å². The molecule has 0 amide bonds. The average molecular weight is 411 g/mol. The van der Waals surface area contributed by atoms with Gasteiger partial charge in [0.15, 0.2) is 0 Å². The number of benzene rings is 3. The molecule has 0 aliphatic carbocycles. The number of carbonyl (C=O) groups is 1. The number of rotatable bonds is 6. The van der Waals surface area contributed by atoms with Gasteiger partial charge in [-0.05, 0) is 53.9 Å². The van der Waals surface area contributed by atoms with Gasteiger partial charge in [0.2, 0.25) is 9.84 Å². The number of ether oxygens (including phenoxy) is 1. The number of hydrogen-bond donors (Lipinski definition) is 2. The Bertz CT molecular complexity index is 1150. The average Bonchev–Trinajstić information content (AvgIpc) is 2.70. The van der Waals surface area contributed by atoms with Crippen LogP contribution in [0.25, 0.3) is 0 Å². The number of nitrogen functional groups attached to an aromatic ring is 1. The van der Waals surface area contributed by atoms with Crippen LogP contribution in [0.1, 0.15) is 27.0 Å². The normalized spacial score (nSPS) is 11.2. The van der Waals surface area contributed by atoms with Gasteiger partial charge in [0, 0.05) is 6.42 Å². The second kappa shape index (κ2) is 7.97. The van der Waals surface area contributed by atoms with Crippen molar-refractivity contribution in [1.82, 2.24) is 0 Å². The Morgan fingerprint density at radius 3 is 2.24 bits per heavy atom. The van der Waals surface area contributed by atoms with Crippen LogP contribution in [0.4, 0.5) is 5.69 Å². The summed E-state index contributed by atoms with van der Waals surface area (Å²) in [6, 6.07) is 16.5. The molecule has 0 saturated heterocycles. The van der Waals surface area contributed by atoms with E-state index in [0.29, 0.717) is 5.75 Å². The van der Waals surface area contributed by atoms with Crippen LogP contribution in [0.15, 0.2) is 70.5 Å². The lowest BCUT2D eigenvalue weighted by atomic mass is 9.96. The minimum Gasteiger partial charge on any atom is -0.497 e. The number of aryl methyl sites for hydroxylation is 1. The zero-order valence-corrected chi connectivity index (χ0v) is 16.9. The number of nitrogens with two attached hydrogens (primary N) is 1. The van der Waals surface area contributed by atoms with Gasteiger partial charge in [-0.25, -0.2) is 13.2 Å². The fraction of sp³-hybridized carbons (Fsp3) is 0.136. The first-order chi connectivity index (χ1) is 13.8. The first-order valence-electron chi connectivity index (χ1n) is 8.84. The maximum atomic E-state index is 13.3. The highest BCUT2D eigenvalue weighted by atomic mass is 32.2. The third-order valence-corrected chi connectivity index (χ3v) is 6.68. The highest BCUT2D eigenvalue weighted by Crippen LogP contribution is 2.35. The van der Waals surface area contributed by atoms with E-state index >= 15 is 0 Å². The van der Waals surface area contributed by atoms with Gasteiger partial charge in [0.1, 0.15) is 5.75 Å². The predicted octanol–water partition coefficient (Wildman–Crippen LogP) is 3.71. The summed E-state index contributed by atoms with van der Waals surface area (Å²) < 4.78 is 31.7. The second-order valence-electron chi connectivity index (χ2n) is 6.61. The Kier molecular flexibility index (Phi) is 5.61. The first-order valence-corrected chi connectivity index (χ1v) is 10.3. The topological polar surface area (TPSA) is 107 Å². The van der Waals surface area contributed by atoms with Gasteiger partial charge in [-0.1, -0.05) is 30.3 Å². The molecule has 7 heteroatoms. The zero-order valence-electron chi connectivity index (χ0n) is 16.0. The van der Waals surface area contributed by atoms with E-state index in [9.17, 15) is 18.3 Å². The zero-order chi connectivity index (χ0) is 21.2. The summed E-state index contributed by atoms with van der Waals surface area (Å²) in [6.45, 7) is 1.55. The Hall–Kier alpha value is -3.32. The summed E-state index contributed by atoms with van der Waals surface area (Å²) in [5.74, 6) is -0.626. The third kappa shape index (κ3) is 3.95. The van der Waals surface area contributed by atoms with Crippen molar-refractivity contribution in [3.8, 4) is 5.75 Å². The molecule has 0 saturated carbocycles. The molecule has 0 atom stereocenters. The molecule has 150 valence electrons. The molecule has 3 N–H and O–H groups in total. The molecule has 0 bridgehead atoms. The maximum Gasteiger partial charge on any atom is 0.336 e. The standard InChI is InChI=1S/C22H21NO5S/c1-14-12-19(22(24)25)18(13-15-6-4-3-5-7-15)20(23)21(14)29(26,27)17-10-8-16(28-2)9-11-17/h3-12H,13,23H2,1-2H3,(H,24,25). The summed E-state index contributed by atoms with van der Waals surface area (Å²) >= 11 is 0. The van der Waals surface area contributed by atoms with Crippen LogP contribution in [-0.4, -0.2) is 26.6 Å². The van der Waals surface area contributed by atoms with Crippen molar-refractivity contribution < 1.29 is 23.1 Å². The molecule has 3 rings (SSSR count). The lowest BCUT2D eigenvalue weighted by Crippen LogP contribution is -2.14. The molecular formula is C22H21NO5S. The van der Waals surface area contributed by atoms with E-state index < -0.39 is 15.8 Å². The molecule has 0 aromatic heterocycles. The van der Waals surface area contributed by atoms with Crippen LogP contribution in [0.3, 0.4) is 0 Å². The molecule has 0 heterocycles. The predicted molar refractivity (Wildman–Crippen MR) is 110 cm³/mol. The van der Waals surface area contributed by atoms with Crippen molar-refractivity contribution in [2.45, 2.75) is 23.1 Å². The number of aromatic carboxylic acids is 1. The Morgan fingerprint density at radius 1 is 1.07 bits per heavy atom. The Morgan fingerprint density at radius 2 is 1.69 bits per heavy atom. The summed E-state index contributed by atoms with van der Waals surface area (Å²) in [5, 5.41) is 9.64. The van der Waals surface area contributed by atoms with Crippen molar-refractivity contribution in [2.75, 3.05) is 12.8 Å². The van der Waals surface area contributed by atoms with E-state index in [4.69, 9.17) is 10.5 Å². The maximum absolute atomic E-state index is 13.3. The molecule has 29 heavy (non-hydrogen) atoms. The quantitative estimate of drug-likeness (QED) is 0.599. The van der Waals surface area contributed by atoms with Crippen molar-refractivity contribution >= 4 is 21.5 Å². The largest absolute Gasteiger partial charge is 0.497 e. The molecule has 0 fully saturated rings. The molecule has 0 aliphatic rings. The van der Waals surface area contributed by atoms with E-state index in [1.807, 2.05) is 30.3 Å². The van der Waals surface area contributed by atoms with Gasteiger partial charge in [-0.3, -0.25) is 0 Å². The Balaban J connectivity index is 2.21. The van der Waals surface area contributed by atoms with Crippen LogP contribution in [-0.2, 0) is 16.3 Å². The van der Waals surface area contributed by atoms with Gasteiger partial charge < -0.3 is 15.6 Å². The van der Waals surface area contributed by atoms with Crippen molar-refractivity contribution in [1.29, 1.82) is 0 Å². The van der Waals surface area contributed by atoms with E-state index in [0.717, 1.165) is 5.56 Å². The van der Waals surface area contributed by atoms with Gasteiger partial charge in [0.05, 0.1) is 28.2 Å². The van der Waals surface area contributed by atoms with Gasteiger partial charge in [-0.15, -0.1) is 0 Å². The number of sulfone groups is 1. The highest BCUT2D eigenvalue weighted by molar-refractivity contribution is 7.91. The molecule has 3 aromatic rings. The summed E-state index contributed by atoms with van der Waals surface area (Å²) in [7, 11) is -2.46. The number of carboxylic acid groups (broad SMARTS) is 1. The van der Waals surface area contributed by atoms with E-state index in [1.165, 1.54) is 25.3 Å². The minimum absolute atomic E-state index is 0.00228. The van der Waals surface area contributed by atoms with Crippen molar-refractivity contribution in [2.24, 2.45) is 0 Å². The molecule has 3 aromatic carbocycles. The van der Waals surface area contributed by atoms with Crippen molar-refractivity contribution in [3.63, 3.8) is 0 Å². The fourth-order valence-corrected chi connectivity index (χ4v) is 4.90. The lowest BCUT2D eigenvalue weighted by Gasteiger charge is -2.17. The molecule has 0 aliphatic heterocycles.